The zero-order valence-corrected chi connectivity index (χ0v) is 25.3. The number of hydrogen-bond acceptors (Lipinski definition) is 6. The Morgan fingerprint density at radius 1 is 0.448 bits per heavy atom. The zero-order chi connectivity index (χ0) is 23.1. The van der Waals surface area contributed by atoms with Crippen LogP contribution in [0.15, 0.2) is 0 Å². The van der Waals surface area contributed by atoms with Crippen LogP contribution < -0.4 is 0 Å². The van der Waals surface area contributed by atoms with Crippen molar-refractivity contribution < 1.29 is 26.6 Å². The van der Waals surface area contributed by atoms with Gasteiger partial charge in [0.25, 0.3) is 0 Å². The Balaban J connectivity index is 5.85. The van der Waals surface area contributed by atoms with E-state index in [9.17, 15) is 0 Å². The van der Waals surface area contributed by atoms with E-state index >= 15 is 0 Å². The van der Waals surface area contributed by atoms with Crippen molar-refractivity contribution in [3.8, 4) is 0 Å². The van der Waals surface area contributed by atoms with Gasteiger partial charge in [-0.2, -0.15) is 0 Å². The maximum absolute atomic E-state index is 5.88. The van der Waals surface area contributed by atoms with Gasteiger partial charge >= 0.3 is 25.7 Å². The minimum atomic E-state index is -2.21. The topological polar surface area (TPSA) is 55.4 Å². The van der Waals surface area contributed by atoms with Crippen molar-refractivity contribution in [1.29, 1.82) is 0 Å². The summed E-state index contributed by atoms with van der Waals surface area (Å²) in [6, 6.07) is 3.46. The molecule has 0 N–H and O–H groups in total. The summed E-state index contributed by atoms with van der Waals surface area (Å²) in [6.45, 7) is 15.9. The van der Waals surface area contributed by atoms with Gasteiger partial charge in [-0.3, -0.25) is 0 Å². The van der Waals surface area contributed by atoms with E-state index in [4.69, 9.17) is 26.6 Å². The van der Waals surface area contributed by atoms with Crippen LogP contribution in [-0.2, 0) is 26.6 Å². The first kappa shape index (κ1) is 29.6. The SMILES string of the molecule is CO[Si](C)(OC)C(C)C[Si](C)(CC(C)[Si](C)(OC)OC)CC(C)[Si](C)(OC)OC. The van der Waals surface area contributed by atoms with Gasteiger partial charge in [0, 0.05) is 42.7 Å². The second kappa shape index (κ2) is 12.0. The van der Waals surface area contributed by atoms with E-state index in [1.165, 1.54) is 0 Å². The third-order valence-corrected chi connectivity index (χ3v) is 24.4. The molecule has 0 aromatic rings. The molecule has 0 saturated heterocycles. The lowest BCUT2D eigenvalue weighted by molar-refractivity contribution is 0.238. The molecular formula is C19H48O6Si4. The van der Waals surface area contributed by atoms with Crippen LogP contribution in [0.4, 0.5) is 0 Å². The van der Waals surface area contributed by atoms with Gasteiger partial charge in [0.15, 0.2) is 0 Å². The van der Waals surface area contributed by atoms with Crippen LogP contribution in [0.3, 0.4) is 0 Å². The van der Waals surface area contributed by atoms with Gasteiger partial charge in [0.2, 0.25) is 0 Å². The molecule has 29 heavy (non-hydrogen) atoms. The van der Waals surface area contributed by atoms with E-state index in [0.29, 0.717) is 16.6 Å². The van der Waals surface area contributed by atoms with Gasteiger partial charge in [0.05, 0.1) is 8.07 Å². The number of rotatable bonds is 15. The molecule has 0 amide bonds. The molecule has 0 saturated carbocycles. The zero-order valence-electron chi connectivity index (χ0n) is 21.3. The summed E-state index contributed by atoms with van der Waals surface area (Å²) in [5.74, 6) is 0. The van der Waals surface area contributed by atoms with Crippen LogP contribution in [0, 0.1) is 0 Å². The van der Waals surface area contributed by atoms with Gasteiger partial charge < -0.3 is 26.6 Å². The molecule has 0 aromatic carbocycles. The monoisotopic (exact) mass is 484 g/mol. The smallest absolute Gasteiger partial charge is 0.337 e. The fourth-order valence-electron chi connectivity index (χ4n) is 4.48. The molecule has 3 unspecified atom stereocenters. The van der Waals surface area contributed by atoms with Crippen molar-refractivity contribution in [2.75, 3.05) is 42.7 Å². The van der Waals surface area contributed by atoms with Crippen LogP contribution in [0.5, 0.6) is 0 Å². The molecule has 0 aliphatic rings. The van der Waals surface area contributed by atoms with Crippen LogP contribution in [-0.4, -0.2) is 76.4 Å². The normalized spacial score (nSPS) is 18.9. The number of hydrogen-bond donors (Lipinski definition) is 0. The van der Waals surface area contributed by atoms with Crippen molar-refractivity contribution in [1.82, 2.24) is 0 Å². The third kappa shape index (κ3) is 7.62. The lowest BCUT2D eigenvalue weighted by Crippen LogP contribution is -2.50. The van der Waals surface area contributed by atoms with Crippen molar-refractivity contribution in [3.63, 3.8) is 0 Å². The van der Waals surface area contributed by atoms with E-state index in [1.54, 1.807) is 42.7 Å². The summed E-state index contributed by atoms with van der Waals surface area (Å²) in [5, 5.41) is 0. The average molecular weight is 485 g/mol. The molecule has 0 radical (unpaired) electrons. The molecule has 0 spiro atoms. The quantitative estimate of drug-likeness (QED) is 0.293. The lowest BCUT2D eigenvalue weighted by Gasteiger charge is -2.42. The van der Waals surface area contributed by atoms with Gasteiger partial charge in [-0.15, -0.1) is 0 Å². The summed E-state index contributed by atoms with van der Waals surface area (Å²) in [6.07, 6.45) is 0. The molecule has 0 aliphatic carbocycles. The first-order valence-electron chi connectivity index (χ1n) is 10.6. The minimum Gasteiger partial charge on any atom is -0.398 e. The molecule has 0 bridgehead atoms. The van der Waals surface area contributed by atoms with Gasteiger partial charge in [0.1, 0.15) is 0 Å². The molecule has 0 heterocycles. The Hall–Kier alpha value is 0.628. The molecule has 0 rings (SSSR count). The highest BCUT2D eigenvalue weighted by Crippen LogP contribution is 2.44. The fraction of sp³-hybridized carbons (Fsp3) is 1.00. The summed E-state index contributed by atoms with van der Waals surface area (Å²) < 4.78 is 35.3. The summed E-state index contributed by atoms with van der Waals surface area (Å²) >= 11 is 0. The molecule has 0 aromatic heterocycles. The van der Waals surface area contributed by atoms with Crippen molar-refractivity contribution in [2.45, 2.75) is 81.7 Å². The average Bonchev–Trinajstić information content (AvgIpc) is 2.70. The predicted molar refractivity (Wildman–Crippen MR) is 131 cm³/mol. The Morgan fingerprint density at radius 3 is 0.759 bits per heavy atom. The van der Waals surface area contributed by atoms with E-state index in [-0.39, 0.29) is 0 Å². The first-order chi connectivity index (χ1) is 13.2. The maximum Gasteiger partial charge on any atom is 0.337 e. The summed E-state index contributed by atoms with van der Waals surface area (Å²) in [7, 11) is 2.37. The second-order valence-electron chi connectivity index (χ2n) is 9.40. The minimum absolute atomic E-state index is 0.407. The molecule has 0 fully saturated rings. The standard InChI is InChI=1S/C19H48O6Si4/c1-17(27(11,20-4)21-5)14-26(10,15-18(2)28(12,22-6)23-7)16-19(3)29(13,24-8)25-9/h17-19H,14-16H2,1-13H3. The van der Waals surface area contributed by atoms with Crippen LogP contribution in [0.2, 0.25) is 60.9 Å². The Kier molecular flexibility index (Phi) is 12.3. The van der Waals surface area contributed by atoms with Gasteiger partial charge in [-0.05, 0) is 36.3 Å². The highest BCUT2D eigenvalue weighted by molar-refractivity contribution is 6.84. The third-order valence-electron chi connectivity index (χ3n) is 7.51. The van der Waals surface area contributed by atoms with Crippen LogP contribution in [0.25, 0.3) is 0 Å². The largest absolute Gasteiger partial charge is 0.398 e. The molecule has 3 atom stereocenters. The Labute approximate surface area is 184 Å². The Morgan fingerprint density at radius 2 is 0.621 bits per heavy atom. The van der Waals surface area contributed by atoms with E-state index in [0.717, 1.165) is 18.1 Å². The van der Waals surface area contributed by atoms with Crippen LogP contribution in [0.1, 0.15) is 20.8 Å². The highest BCUT2D eigenvalue weighted by atomic mass is 28.4. The molecular weight excluding hydrogens is 437 g/mol. The predicted octanol–water partition coefficient (Wildman–Crippen LogP) is 5.33. The van der Waals surface area contributed by atoms with E-state index in [1.807, 2.05) is 0 Å². The molecule has 176 valence electrons. The summed E-state index contributed by atoms with van der Waals surface area (Å²) in [4.78, 5) is 0. The van der Waals surface area contributed by atoms with E-state index < -0.39 is 33.8 Å². The molecule has 6 nitrogen and oxygen atoms in total. The first-order valence-corrected chi connectivity index (χ1v) is 20.9. The van der Waals surface area contributed by atoms with Gasteiger partial charge in [-0.25, -0.2) is 0 Å². The maximum atomic E-state index is 5.88. The second-order valence-corrected chi connectivity index (χ2v) is 25.7. The van der Waals surface area contributed by atoms with Crippen molar-refractivity contribution in [3.05, 3.63) is 0 Å². The highest BCUT2D eigenvalue weighted by Gasteiger charge is 2.48. The molecule has 10 heteroatoms. The fourth-order valence-corrected chi connectivity index (χ4v) is 21.2. The van der Waals surface area contributed by atoms with Crippen LogP contribution >= 0.6 is 0 Å². The Bertz CT molecular complexity index is 405. The van der Waals surface area contributed by atoms with Crippen molar-refractivity contribution >= 4 is 33.8 Å². The van der Waals surface area contributed by atoms with E-state index in [2.05, 4.69) is 47.0 Å². The molecule has 0 aliphatic heterocycles. The van der Waals surface area contributed by atoms with Crippen molar-refractivity contribution in [2.24, 2.45) is 0 Å². The summed E-state index contributed by atoms with van der Waals surface area (Å²) in [5.41, 5.74) is 1.22. The van der Waals surface area contributed by atoms with Gasteiger partial charge in [-0.1, -0.05) is 45.5 Å². The lowest BCUT2D eigenvalue weighted by atomic mass is 10.5.